The fraction of sp³-hybridized carbons (Fsp3) is 0.417. The number of carbonyl (C=O) groups is 1. The first kappa shape index (κ1) is 11.2. The smallest absolute Gasteiger partial charge is 0.414 e. The largest absolute Gasteiger partial charge is 0.454 e. The molecule has 0 spiro atoms. The monoisotopic (exact) mass is 251 g/mol. The van der Waals surface area contributed by atoms with Crippen LogP contribution in [-0.4, -0.2) is 37.2 Å². The van der Waals surface area contributed by atoms with Crippen molar-refractivity contribution in [2.75, 3.05) is 24.9 Å². The lowest BCUT2D eigenvalue weighted by molar-refractivity contribution is 0.116. The summed E-state index contributed by atoms with van der Waals surface area (Å²) in [5, 5.41) is 9.33. The molecule has 2 aliphatic heterocycles. The van der Waals surface area contributed by atoms with Crippen LogP contribution in [0.15, 0.2) is 18.2 Å². The van der Waals surface area contributed by atoms with E-state index in [4.69, 9.17) is 14.2 Å². The Bertz CT molecular complexity index is 476. The maximum Gasteiger partial charge on any atom is 0.414 e. The Balaban J connectivity index is 1.94. The Hall–Kier alpha value is -1.95. The summed E-state index contributed by atoms with van der Waals surface area (Å²) in [5.41, 5.74) is 0.642. The Morgan fingerprint density at radius 1 is 1.28 bits per heavy atom. The summed E-state index contributed by atoms with van der Waals surface area (Å²) in [6, 6.07) is 4.96. The number of benzene rings is 1. The molecule has 1 atom stereocenters. The van der Waals surface area contributed by atoms with E-state index >= 15 is 0 Å². The third kappa shape index (κ3) is 1.74. The van der Waals surface area contributed by atoms with Crippen molar-refractivity contribution in [1.29, 1.82) is 0 Å². The number of hydrogen-bond acceptors (Lipinski definition) is 5. The minimum atomic E-state index is -0.445. The predicted molar refractivity (Wildman–Crippen MR) is 61.9 cm³/mol. The topological polar surface area (TPSA) is 68.2 Å². The number of amides is 1. The minimum Gasteiger partial charge on any atom is -0.454 e. The molecule has 1 aromatic rings. The number of aliphatic hydroxyl groups is 1. The van der Waals surface area contributed by atoms with Gasteiger partial charge in [-0.25, -0.2) is 4.79 Å². The first-order chi connectivity index (χ1) is 8.79. The molecule has 3 rings (SSSR count). The molecule has 1 saturated heterocycles. The maximum absolute atomic E-state index is 11.8. The summed E-state index contributed by atoms with van der Waals surface area (Å²) in [4.78, 5) is 13.2. The van der Waals surface area contributed by atoms with Crippen molar-refractivity contribution >= 4 is 11.8 Å². The molecule has 0 bridgehead atoms. The van der Waals surface area contributed by atoms with Crippen LogP contribution in [0.4, 0.5) is 10.5 Å². The lowest BCUT2D eigenvalue weighted by Crippen LogP contribution is -2.47. The zero-order valence-corrected chi connectivity index (χ0v) is 9.67. The molecule has 1 amide bonds. The van der Waals surface area contributed by atoms with Gasteiger partial charge in [0, 0.05) is 12.5 Å². The molecular weight excluding hydrogens is 238 g/mol. The average Bonchev–Trinajstić information content (AvgIpc) is 2.85. The molecule has 1 fully saturated rings. The number of nitrogens with zero attached hydrogens (tertiary/aromatic N) is 1. The van der Waals surface area contributed by atoms with E-state index < -0.39 is 6.09 Å². The van der Waals surface area contributed by atoms with Gasteiger partial charge in [-0.1, -0.05) is 0 Å². The number of fused-ring (bicyclic) bond motifs is 1. The predicted octanol–water partition coefficient (Wildman–Crippen LogP) is 1.12. The van der Waals surface area contributed by atoms with Crippen LogP contribution in [0.1, 0.15) is 6.42 Å². The van der Waals surface area contributed by atoms with E-state index in [1.807, 2.05) is 0 Å². The van der Waals surface area contributed by atoms with E-state index in [1.54, 1.807) is 18.2 Å². The second kappa shape index (κ2) is 4.38. The summed E-state index contributed by atoms with van der Waals surface area (Å²) < 4.78 is 15.5. The second-order valence-corrected chi connectivity index (χ2v) is 4.15. The Morgan fingerprint density at radius 3 is 2.94 bits per heavy atom. The zero-order valence-electron chi connectivity index (χ0n) is 9.67. The van der Waals surface area contributed by atoms with E-state index in [9.17, 15) is 9.90 Å². The number of carbonyl (C=O) groups excluding carboxylic acids is 1. The molecule has 1 N–H and O–H groups in total. The van der Waals surface area contributed by atoms with Crippen LogP contribution in [0, 0.1) is 0 Å². The zero-order chi connectivity index (χ0) is 12.5. The molecule has 0 saturated carbocycles. The van der Waals surface area contributed by atoms with Crippen molar-refractivity contribution in [1.82, 2.24) is 0 Å². The van der Waals surface area contributed by atoms with Gasteiger partial charge in [0.1, 0.15) is 0 Å². The number of ether oxygens (including phenoxy) is 3. The standard InChI is InChI=1S/C12H13NO5/c14-6-9-3-4-16-12(15)13(9)8-1-2-10-11(5-8)18-7-17-10/h1-2,5,9,14H,3-4,6-7H2. The van der Waals surface area contributed by atoms with Crippen molar-refractivity contribution in [3.8, 4) is 11.5 Å². The SMILES string of the molecule is O=C1OCCC(CO)N1c1ccc2c(c1)OCO2. The second-order valence-electron chi connectivity index (χ2n) is 4.15. The van der Waals surface area contributed by atoms with E-state index in [0.717, 1.165) is 0 Å². The third-order valence-corrected chi connectivity index (χ3v) is 3.08. The van der Waals surface area contributed by atoms with Crippen LogP contribution in [0.25, 0.3) is 0 Å². The van der Waals surface area contributed by atoms with Gasteiger partial charge in [0.05, 0.1) is 24.9 Å². The highest BCUT2D eigenvalue weighted by Gasteiger charge is 2.31. The molecule has 0 radical (unpaired) electrons. The molecule has 6 heteroatoms. The first-order valence-corrected chi connectivity index (χ1v) is 5.76. The molecule has 1 aromatic carbocycles. The summed E-state index contributed by atoms with van der Waals surface area (Å²) in [5.74, 6) is 1.26. The van der Waals surface area contributed by atoms with Crippen molar-refractivity contribution in [2.45, 2.75) is 12.5 Å². The van der Waals surface area contributed by atoms with Crippen LogP contribution in [-0.2, 0) is 4.74 Å². The summed E-state index contributed by atoms with van der Waals surface area (Å²) >= 11 is 0. The maximum atomic E-state index is 11.8. The van der Waals surface area contributed by atoms with E-state index in [2.05, 4.69) is 0 Å². The molecule has 2 heterocycles. The lowest BCUT2D eigenvalue weighted by atomic mass is 10.1. The van der Waals surface area contributed by atoms with Gasteiger partial charge in [-0.2, -0.15) is 0 Å². The van der Waals surface area contributed by atoms with Crippen molar-refractivity contribution in [3.05, 3.63) is 18.2 Å². The van der Waals surface area contributed by atoms with Crippen molar-refractivity contribution in [2.24, 2.45) is 0 Å². The fourth-order valence-corrected chi connectivity index (χ4v) is 2.15. The van der Waals surface area contributed by atoms with Crippen LogP contribution in [0.5, 0.6) is 11.5 Å². The average molecular weight is 251 g/mol. The van der Waals surface area contributed by atoms with Gasteiger partial charge in [0.25, 0.3) is 0 Å². The highest BCUT2D eigenvalue weighted by Crippen LogP contribution is 2.36. The molecule has 96 valence electrons. The molecule has 18 heavy (non-hydrogen) atoms. The summed E-state index contributed by atoms with van der Waals surface area (Å²) in [6.45, 7) is 0.432. The summed E-state index contributed by atoms with van der Waals surface area (Å²) in [7, 11) is 0. The number of hydrogen-bond donors (Lipinski definition) is 1. The number of rotatable bonds is 2. The van der Waals surface area contributed by atoms with Gasteiger partial charge in [-0.05, 0) is 12.1 Å². The van der Waals surface area contributed by atoms with Gasteiger partial charge < -0.3 is 19.3 Å². The third-order valence-electron chi connectivity index (χ3n) is 3.08. The number of cyclic esters (lactones) is 1. The number of aliphatic hydroxyl groups excluding tert-OH is 1. The normalized spacial score (nSPS) is 21.9. The van der Waals surface area contributed by atoms with Crippen LogP contribution >= 0.6 is 0 Å². The Morgan fingerprint density at radius 2 is 2.11 bits per heavy atom. The van der Waals surface area contributed by atoms with Gasteiger partial charge in [0.2, 0.25) is 6.79 Å². The minimum absolute atomic E-state index is 0.0937. The quantitative estimate of drug-likeness (QED) is 0.853. The highest BCUT2D eigenvalue weighted by molar-refractivity contribution is 5.89. The van der Waals surface area contributed by atoms with Gasteiger partial charge in [0.15, 0.2) is 11.5 Å². The Kier molecular flexibility index (Phi) is 2.71. The number of anilines is 1. The van der Waals surface area contributed by atoms with E-state index in [1.165, 1.54) is 4.90 Å². The van der Waals surface area contributed by atoms with Gasteiger partial charge in [-0.3, -0.25) is 4.90 Å². The molecule has 0 aromatic heterocycles. The molecule has 2 aliphatic rings. The van der Waals surface area contributed by atoms with Gasteiger partial charge in [-0.15, -0.1) is 0 Å². The fourth-order valence-electron chi connectivity index (χ4n) is 2.15. The molecule has 1 unspecified atom stereocenters. The van der Waals surface area contributed by atoms with Crippen LogP contribution in [0.2, 0.25) is 0 Å². The first-order valence-electron chi connectivity index (χ1n) is 5.76. The Labute approximate surface area is 104 Å². The van der Waals surface area contributed by atoms with Crippen LogP contribution in [0.3, 0.4) is 0 Å². The highest BCUT2D eigenvalue weighted by atomic mass is 16.7. The van der Waals surface area contributed by atoms with Crippen molar-refractivity contribution < 1.29 is 24.1 Å². The van der Waals surface area contributed by atoms with Crippen LogP contribution < -0.4 is 14.4 Å². The lowest BCUT2D eigenvalue weighted by Gasteiger charge is -2.33. The molecule has 0 aliphatic carbocycles. The summed E-state index contributed by atoms with van der Waals surface area (Å²) in [6.07, 6.45) is 0.163. The van der Waals surface area contributed by atoms with E-state index in [0.29, 0.717) is 30.2 Å². The molecule has 6 nitrogen and oxygen atoms in total. The van der Waals surface area contributed by atoms with E-state index in [-0.39, 0.29) is 19.4 Å². The molecular formula is C12H13NO5. The van der Waals surface area contributed by atoms with Gasteiger partial charge >= 0.3 is 6.09 Å². The van der Waals surface area contributed by atoms with Crippen molar-refractivity contribution in [3.63, 3.8) is 0 Å².